The smallest absolute Gasteiger partial charge is 0.358 e. The standard InChI is InChI=1S/C19H39N.2CH3.Ti/c1-7-9-12-20(13-10-8-2)14-11-19-17(5)15(3)16(4)18(19)6;;;/h15-19H,7-14H2,1-6H3;2*1H3;/q;2*-1;+3. The summed E-state index contributed by atoms with van der Waals surface area (Å²) in [7, 11) is 0. The fourth-order valence-electron chi connectivity index (χ4n) is 4.17. The van der Waals surface area contributed by atoms with E-state index in [1.54, 1.807) is 0 Å². The Balaban J connectivity index is -0.00000133. The van der Waals surface area contributed by atoms with Crippen LogP contribution in [-0.2, 0) is 21.7 Å². The number of unbranched alkanes of at least 4 members (excludes halogenated alkanes) is 2. The Labute approximate surface area is 164 Å². The molecular formula is C21H45NTi+. The van der Waals surface area contributed by atoms with Crippen LogP contribution in [0.3, 0.4) is 0 Å². The summed E-state index contributed by atoms with van der Waals surface area (Å²) < 4.78 is 0. The average Bonchev–Trinajstić information content (AvgIpc) is 2.63. The minimum Gasteiger partial charge on any atom is -0.358 e. The maximum Gasteiger partial charge on any atom is 3.00 e. The second-order valence-corrected chi connectivity index (χ2v) is 7.44. The molecule has 1 nitrogen and oxygen atoms in total. The second-order valence-electron chi connectivity index (χ2n) is 7.44. The van der Waals surface area contributed by atoms with Gasteiger partial charge < -0.3 is 19.8 Å². The van der Waals surface area contributed by atoms with Gasteiger partial charge in [0.15, 0.2) is 0 Å². The van der Waals surface area contributed by atoms with Crippen molar-refractivity contribution >= 4 is 0 Å². The summed E-state index contributed by atoms with van der Waals surface area (Å²) in [5.41, 5.74) is 0. The molecule has 137 valence electrons. The van der Waals surface area contributed by atoms with E-state index < -0.39 is 0 Å². The van der Waals surface area contributed by atoms with E-state index >= 15 is 0 Å². The molecule has 0 aromatic rings. The third-order valence-electron chi connectivity index (χ3n) is 6.27. The van der Waals surface area contributed by atoms with Crippen molar-refractivity contribution in [1.82, 2.24) is 4.90 Å². The molecule has 1 fully saturated rings. The van der Waals surface area contributed by atoms with Crippen molar-refractivity contribution in [2.75, 3.05) is 19.6 Å². The summed E-state index contributed by atoms with van der Waals surface area (Å²) in [5.74, 6) is 4.61. The SMILES string of the molecule is CCCCN(CCCC)CCC1C(C)C(C)C(C)C1C.[CH3-].[CH3-].[Ti+3]. The molecule has 2 heteroatoms. The van der Waals surface area contributed by atoms with Gasteiger partial charge in [-0.1, -0.05) is 54.4 Å². The molecule has 0 bridgehead atoms. The zero-order valence-electron chi connectivity index (χ0n) is 17.5. The van der Waals surface area contributed by atoms with E-state index in [1.165, 1.54) is 51.7 Å². The molecule has 0 saturated heterocycles. The molecule has 1 saturated carbocycles. The summed E-state index contributed by atoms with van der Waals surface area (Å²) in [4.78, 5) is 2.74. The largest absolute Gasteiger partial charge is 3.00 e. The molecule has 0 aromatic heterocycles. The van der Waals surface area contributed by atoms with Crippen LogP contribution in [0.25, 0.3) is 0 Å². The molecule has 4 unspecified atom stereocenters. The predicted molar refractivity (Wildman–Crippen MR) is 104 cm³/mol. The van der Waals surface area contributed by atoms with Crippen LogP contribution in [0.2, 0.25) is 0 Å². The number of nitrogens with zero attached hydrogens (tertiary/aromatic N) is 1. The van der Waals surface area contributed by atoms with Crippen LogP contribution in [0.15, 0.2) is 0 Å². The Morgan fingerprint density at radius 1 is 0.652 bits per heavy atom. The van der Waals surface area contributed by atoms with Crippen molar-refractivity contribution in [3.63, 3.8) is 0 Å². The molecule has 1 aliphatic rings. The van der Waals surface area contributed by atoms with Crippen LogP contribution in [0.4, 0.5) is 0 Å². The Kier molecular flexibility index (Phi) is 18.5. The molecule has 0 spiro atoms. The Morgan fingerprint density at radius 2 is 1.04 bits per heavy atom. The van der Waals surface area contributed by atoms with Gasteiger partial charge in [0.2, 0.25) is 0 Å². The molecule has 1 aliphatic carbocycles. The third-order valence-corrected chi connectivity index (χ3v) is 6.27. The van der Waals surface area contributed by atoms with Gasteiger partial charge in [0.05, 0.1) is 0 Å². The van der Waals surface area contributed by atoms with Crippen LogP contribution >= 0.6 is 0 Å². The topological polar surface area (TPSA) is 3.24 Å². The van der Waals surface area contributed by atoms with Gasteiger partial charge in [-0.2, -0.15) is 0 Å². The van der Waals surface area contributed by atoms with Gasteiger partial charge in [0.1, 0.15) is 0 Å². The fourth-order valence-corrected chi connectivity index (χ4v) is 4.17. The van der Waals surface area contributed by atoms with E-state index in [0.717, 1.165) is 29.6 Å². The van der Waals surface area contributed by atoms with Crippen LogP contribution in [0.1, 0.15) is 73.6 Å². The summed E-state index contributed by atoms with van der Waals surface area (Å²) >= 11 is 0. The maximum atomic E-state index is 2.74. The van der Waals surface area contributed by atoms with Crippen LogP contribution in [0.5, 0.6) is 0 Å². The van der Waals surface area contributed by atoms with E-state index in [-0.39, 0.29) is 36.6 Å². The molecular weight excluding hydrogens is 314 g/mol. The summed E-state index contributed by atoms with van der Waals surface area (Å²) in [6, 6.07) is 0. The van der Waals surface area contributed by atoms with Crippen molar-refractivity contribution < 1.29 is 21.7 Å². The Morgan fingerprint density at radius 3 is 1.39 bits per heavy atom. The first-order chi connectivity index (χ1) is 9.52. The molecule has 0 amide bonds. The quantitative estimate of drug-likeness (QED) is 0.342. The van der Waals surface area contributed by atoms with Gasteiger partial charge >= 0.3 is 21.7 Å². The minimum absolute atomic E-state index is 0. The number of rotatable bonds is 9. The van der Waals surface area contributed by atoms with E-state index in [4.69, 9.17) is 0 Å². The Hall–Kier alpha value is 0.674. The van der Waals surface area contributed by atoms with E-state index in [9.17, 15) is 0 Å². The van der Waals surface area contributed by atoms with Gasteiger partial charge in [-0.25, -0.2) is 0 Å². The zero-order valence-corrected chi connectivity index (χ0v) is 19.1. The molecule has 0 heterocycles. The van der Waals surface area contributed by atoms with Crippen molar-refractivity contribution in [3.8, 4) is 0 Å². The number of hydrogen-bond acceptors (Lipinski definition) is 1. The molecule has 1 radical (unpaired) electrons. The first-order valence-electron chi connectivity index (χ1n) is 9.25. The van der Waals surface area contributed by atoms with Gasteiger partial charge in [0.25, 0.3) is 0 Å². The summed E-state index contributed by atoms with van der Waals surface area (Å²) in [5, 5.41) is 0. The van der Waals surface area contributed by atoms with E-state index in [2.05, 4.69) is 46.4 Å². The average molecular weight is 359 g/mol. The first-order valence-corrected chi connectivity index (χ1v) is 9.25. The molecule has 0 aromatic carbocycles. The molecule has 23 heavy (non-hydrogen) atoms. The third kappa shape index (κ3) is 8.55. The van der Waals surface area contributed by atoms with Crippen LogP contribution < -0.4 is 0 Å². The molecule has 0 N–H and O–H groups in total. The minimum atomic E-state index is 0. The summed E-state index contributed by atoms with van der Waals surface area (Å²) in [6.07, 6.45) is 6.81. The zero-order chi connectivity index (χ0) is 15.1. The first kappa shape index (κ1) is 28.5. The molecule has 4 atom stereocenters. The normalized spacial score (nSPS) is 29.6. The van der Waals surface area contributed by atoms with Gasteiger partial charge in [-0.15, -0.1) is 0 Å². The van der Waals surface area contributed by atoms with Gasteiger partial charge in [-0.3, -0.25) is 0 Å². The number of hydrogen-bond donors (Lipinski definition) is 0. The molecule has 0 aliphatic heterocycles. The molecule has 1 rings (SSSR count). The summed E-state index contributed by atoms with van der Waals surface area (Å²) in [6.45, 7) is 18.5. The Bertz CT molecular complexity index is 234. The van der Waals surface area contributed by atoms with Gasteiger partial charge in [0, 0.05) is 0 Å². The van der Waals surface area contributed by atoms with Crippen molar-refractivity contribution in [3.05, 3.63) is 14.9 Å². The van der Waals surface area contributed by atoms with Crippen molar-refractivity contribution in [1.29, 1.82) is 0 Å². The second kappa shape index (κ2) is 15.0. The monoisotopic (exact) mass is 359 g/mol. The van der Waals surface area contributed by atoms with Crippen LogP contribution in [0, 0.1) is 44.4 Å². The van der Waals surface area contributed by atoms with E-state index in [1.807, 2.05) is 0 Å². The van der Waals surface area contributed by atoms with Crippen molar-refractivity contribution in [2.24, 2.45) is 29.6 Å². The van der Waals surface area contributed by atoms with Crippen molar-refractivity contribution in [2.45, 2.75) is 73.6 Å². The van der Waals surface area contributed by atoms with E-state index in [0.29, 0.717) is 0 Å². The fraction of sp³-hybridized carbons (Fsp3) is 0.905. The van der Waals surface area contributed by atoms with Gasteiger partial charge in [-0.05, 0) is 68.5 Å². The maximum absolute atomic E-state index is 2.74. The predicted octanol–water partition coefficient (Wildman–Crippen LogP) is 6.35. The van der Waals surface area contributed by atoms with Crippen LogP contribution in [-0.4, -0.2) is 24.5 Å².